The normalized spacial score (nSPS) is 15.9. The molecule has 1 aliphatic heterocycles. The number of alkyl halides is 3. The van der Waals surface area contributed by atoms with E-state index in [0.29, 0.717) is 12.8 Å². The van der Waals surface area contributed by atoms with Crippen LogP contribution >= 0.6 is 15.9 Å². The summed E-state index contributed by atoms with van der Waals surface area (Å²) in [7, 11) is 0. The summed E-state index contributed by atoms with van der Waals surface area (Å²) >= 11 is 3.54. The highest BCUT2D eigenvalue weighted by atomic mass is 79.9. The predicted molar refractivity (Wildman–Crippen MR) is 76.5 cm³/mol. The van der Waals surface area contributed by atoms with Gasteiger partial charge in [-0.05, 0) is 30.0 Å². The summed E-state index contributed by atoms with van der Waals surface area (Å²) < 4.78 is 28.7. The Labute approximate surface area is 124 Å². The van der Waals surface area contributed by atoms with E-state index in [1.165, 1.54) is 0 Å². The molecule has 1 aromatic carbocycles. The molecule has 1 amide bonds. The van der Waals surface area contributed by atoms with Gasteiger partial charge in [-0.1, -0.05) is 28.1 Å². The molecule has 0 spiro atoms. The average Bonchev–Trinajstić information content (AvgIpc) is 2.42. The van der Waals surface area contributed by atoms with E-state index < -0.39 is 13.0 Å². The van der Waals surface area contributed by atoms with Crippen molar-refractivity contribution in [2.24, 2.45) is 0 Å². The first-order valence-corrected chi connectivity index (χ1v) is 7.40. The van der Waals surface area contributed by atoms with Crippen LogP contribution in [0.15, 0.2) is 18.2 Å². The summed E-state index contributed by atoms with van der Waals surface area (Å²) in [6.07, 6.45) is -0.564. The van der Waals surface area contributed by atoms with Gasteiger partial charge in [0.05, 0.1) is 0 Å². The number of aryl methyl sites for hydroxylation is 1. The van der Waals surface area contributed by atoms with Crippen molar-refractivity contribution in [3.05, 3.63) is 29.3 Å². The highest BCUT2D eigenvalue weighted by Gasteiger charge is 2.17. The van der Waals surface area contributed by atoms with Crippen molar-refractivity contribution in [2.75, 3.05) is 18.5 Å². The molecule has 1 heterocycles. The van der Waals surface area contributed by atoms with Crippen LogP contribution in [0.2, 0.25) is 0 Å². The van der Waals surface area contributed by atoms with Crippen molar-refractivity contribution >= 4 is 27.5 Å². The molecule has 2 rings (SSSR count). The van der Waals surface area contributed by atoms with Gasteiger partial charge >= 0.3 is 0 Å². The van der Waals surface area contributed by atoms with Crippen molar-refractivity contribution < 1.29 is 18.3 Å². The first kappa shape index (κ1) is 15.4. The van der Waals surface area contributed by atoms with Crippen LogP contribution in [0, 0.1) is 0 Å². The molecule has 0 saturated heterocycles. The first-order chi connectivity index (χ1) is 9.56. The highest BCUT2D eigenvalue weighted by molar-refractivity contribution is 9.09. The number of nitrogens with one attached hydrogen (secondary N) is 1. The molecule has 110 valence electrons. The summed E-state index contributed by atoms with van der Waals surface area (Å²) in [6.45, 7) is -0.232. The first-order valence-electron chi connectivity index (χ1n) is 6.49. The maximum absolute atomic E-state index is 11.9. The third kappa shape index (κ3) is 4.24. The van der Waals surface area contributed by atoms with E-state index in [1.54, 1.807) is 0 Å². The summed E-state index contributed by atoms with van der Waals surface area (Å²) in [6, 6.07) is 5.86. The maximum atomic E-state index is 11.9. The minimum absolute atomic E-state index is 0.0426. The number of carbonyl (C=O) groups excluding carboxylic acids is 1. The molecule has 20 heavy (non-hydrogen) atoms. The number of hydrogen-bond donors (Lipinski definition) is 1. The van der Waals surface area contributed by atoms with Crippen molar-refractivity contribution in [3.8, 4) is 0 Å². The van der Waals surface area contributed by atoms with Crippen molar-refractivity contribution in [3.63, 3.8) is 0 Å². The lowest BCUT2D eigenvalue weighted by atomic mass is 9.98. The molecule has 3 nitrogen and oxygen atoms in total. The van der Waals surface area contributed by atoms with Crippen LogP contribution in [0.4, 0.5) is 14.5 Å². The van der Waals surface area contributed by atoms with Crippen LogP contribution in [0.3, 0.4) is 0 Å². The van der Waals surface area contributed by atoms with Gasteiger partial charge in [0.25, 0.3) is 6.43 Å². The fourth-order valence-electron chi connectivity index (χ4n) is 2.12. The van der Waals surface area contributed by atoms with E-state index in [2.05, 4.69) is 21.2 Å². The lowest BCUT2D eigenvalue weighted by Gasteiger charge is -2.19. The van der Waals surface area contributed by atoms with Gasteiger partial charge in [-0.15, -0.1) is 0 Å². The zero-order valence-electron chi connectivity index (χ0n) is 10.9. The number of amides is 1. The molecule has 0 bridgehead atoms. The van der Waals surface area contributed by atoms with E-state index in [1.807, 2.05) is 18.2 Å². The minimum Gasteiger partial charge on any atom is -0.375 e. The van der Waals surface area contributed by atoms with Crippen molar-refractivity contribution in [1.82, 2.24) is 0 Å². The van der Waals surface area contributed by atoms with Gasteiger partial charge in [-0.25, -0.2) is 8.78 Å². The predicted octanol–water partition coefficient (Wildman–Crippen LogP) is 3.68. The van der Waals surface area contributed by atoms with Gasteiger partial charge < -0.3 is 10.1 Å². The Bertz CT molecular complexity index is 482. The van der Waals surface area contributed by atoms with Gasteiger partial charge in [0, 0.05) is 23.5 Å². The summed E-state index contributed by atoms with van der Waals surface area (Å²) in [5.41, 5.74) is 3.04. The van der Waals surface area contributed by atoms with E-state index in [0.717, 1.165) is 23.2 Å². The SMILES string of the molecule is O=C1CCc2cc(C(Br)CCOCC(F)F)ccc2N1. The largest absolute Gasteiger partial charge is 0.375 e. The molecule has 0 aromatic heterocycles. The molecule has 1 atom stereocenters. The number of rotatable bonds is 6. The average molecular weight is 348 g/mol. The van der Waals surface area contributed by atoms with Crippen LogP contribution in [-0.4, -0.2) is 25.5 Å². The molecule has 0 aliphatic carbocycles. The smallest absolute Gasteiger partial charge is 0.261 e. The number of fused-ring (bicyclic) bond motifs is 1. The van der Waals surface area contributed by atoms with Gasteiger partial charge in [-0.2, -0.15) is 0 Å². The minimum atomic E-state index is -2.42. The molecule has 1 unspecified atom stereocenters. The van der Waals surface area contributed by atoms with Gasteiger partial charge in [-0.3, -0.25) is 4.79 Å². The van der Waals surface area contributed by atoms with E-state index >= 15 is 0 Å². The zero-order chi connectivity index (χ0) is 14.5. The number of halogens is 3. The second-order valence-corrected chi connectivity index (χ2v) is 5.79. The second-order valence-electron chi connectivity index (χ2n) is 4.69. The number of hydrogen-bond acceptors (Lipinski definition) is 2. The zero-order valence-corrected chi connectivity index (χ0v) is 12.5. The second kappa shape index (κ2) is 7.13. The summed E-state index contributed by atoms with van der Waals surface area (Å²) in [4.78, 5) is 11.3. The molecule has 1 N–H and O–H groups in total. The Hall–Kier alpha value is -1.01. The van der Waals surface area contributed by atoms with Crippen LogP contribution in [0.25, 0.3) is 0 Å². The molecule has 6 heteroatoms. The van der Waals surface area contributed by atoms with E-state index in [9.17, 15) is 13.6 Å². The molecule has 0 radical (unpaired) electrons. The van der Waals surface area contributed by atoms with Crippen LogP contribution in [0.5, 0.6) is 0 Å². The molecule has 0 fully saturated rings. The quantitative estimate of drug-likeness (QED) is 0.629. The monoisotopic (exact) mass is 347 g/mol. The Kier molecular flexibility index (Phi) is 5.48. The van der Waals surface area contributed by atoms with Crippen LogP contribution in [0.1, 0.15) is 28.8 Å². The Morgan fingerprint density at radius 3 is 2.90 bits per heavy atom. The highest BCUT2D eigenvalue weighted by Crippen LogP contribution is 2.31. The number of carbonyl (C=O) groups is 1. The molecule has 0 saturated carbocycles. The third-order valence-corrected chi connectivity index (χ3v) is 4.13. The Morgan fingerprint density at radius 1 is 1.35 bits per heavy atom. The maximum Gasteiger partial charge on any atom is 0.261 e. The topological polar surface area (TPSA) is 38.3 Å². The van der Waals surface area contributed by atoms with E-state index in [4.69, 9.17) is 4.74 Å². The Morgan fingerprint density at radius 2 is 2.15 bits per heavy atom. The fourth-order valence-corrected chi connectivity index (χ4v) is 2.60. The van der Waals surface area contributed by atoms with Crippen molar-refractivity contribution in [2.45, 2.75) is 30.5 Å². The van der Waals surface area contributed by atoms with Crippen LogP contribution in [-0.2, 0) is 16.0 Å². The van der Waals surface area contributed by atoms with Gasteiger partial charge in [0.1, 0.15) is 6.61 Å². The standard InChI is InChI=1S/C14H16BrF2NO2/c15-11(5-6-20-8-13(16)17)9-1-3-12-10(7-9)2-4-14(19)18-12/h1,3,7,11,13H,2,4-6,8H2,(H,18,19). The number of anilines is 1. The van der Waals surface area contributed by atoms with Crippen LogP contribution < -0.4 is 5.32 Å². The molecule has 1 aliphatic rings. The number of benzene rings is 1. The third-order valence-electron chi connectivity index (χ3n) is 3.15. The summed E-state index contributed by atoms with van der Waals surface area (Å²) in [5.74, 6) is 0.0426. The van der Waals surface area contributed by atoms with Gasteiger partial charge in [0.2, 0.25) is 5.91 Å². The van der Waals surface area contributed by atoms with Crippen molar-refractivity contribution in [1.29, 1.82) is 0 Å². The fraction of sp³-hybridized carbons (Fsp3) is 0.500. The number of ether oxygens (including phenoxy) is 1. The Balaban J connectivity index is 1.90. The lowest BCUT2D eigenvalue weighted by molar-refractivity contribution is -0.116. The van der Waals surface area contributed by atoms with Gasteiger partial charge in [0.15, 0.2) is 0 Å². The van der Waals surface area contributed by atoms with E-state index in [-0.39, 0.29) is 17.3 Å². The summed E-state index contributed by atoms with van der Waals surface area (Å²) in [5, 5.41) is 2.83. The molecule has 1 aromatic rings. The molecular weight excluding hydrogens is 332 g/mol. The lowest BCUT2D eigenvalue weighted by Crippen LogP contribution is -2.19. The molecular formula is C14H16BrF2NO2.